The van der Waals surface area contributed by atoms with Gasteiger partial charge in [-0.05, 0) is 45.8 Å². The molecule has 0 aromatic heterocycles. The summed E-state index contributed by atoms with van der Waals surface area (Å²) in [7, 11) is -0.156. The monoisotopic (exact) mass is 544 g/mol. The highest BCUT2D eigenvalue weighted by Crippen LogP contribution is 2.19. The number of carbonyl (C=O) groups excluding carboxylic acids is 3. The van der Waals surface area contributed by atoms with Crippen LogP contribution in [0.4, 0.5) is 8.78 Å². The summed E-state index contributed by atoms with van der Waals surface area (Å²) in [6, 6.07) is 0. The van der Waals surface area contributed by atoms with Crippen LogP contribution in [0.5, 0.6) is 0 Å². The van der Waals surface area contributed by atoms with Gasteiger partial charge >= 0.3 is 17.9 Å². The molecule has 36 heavy (non-hydrogen) atoms. The molecule has 0 bridgehead atoms. The fourth-order valence-corrected chi connectivity index (χ4v) is 2.75. The summed E-state index contributed by atoms with van der Waals surface area (Å²) >= 11 is 0. The first-order valence-electron chi connectivity index (χ1n) is 12.1. The minimum Gasteiger partial charge on any atom is -0.465 e. The van der Waals surface area contributed by atoms with Gasteiger partial charge in [0.25, 0.3) is 0 Å². The Morgan fingerprint density at radius 1 is 0.833 bits per heavy atom. The number of carbonyl (C=O) groups is 3. The van der Waals surface area contributed by atoms with Crippen molar-refractivity contribution in [1.29, 1.82) is 0 Å². The van der Waals surface area contributed by atoms with Crippen molar-refractivity contribution in [3.05, 3.63) is 0 Å². The molecule has 0 rings (SSSR count). The van der Waals surface area contributed by atoms with E-state index in [-0.39, 0.29) is 57.1 Å². The zero-order chi connectivity index (χ0) is 27.7. The number of alkyl halides is 2. The molecule has 8 nitrogen and oxygen atoms in total. The van der Waals surface area contributed by atoms with Crippen LogP contribution in [0, 0.1) is 17.8 Å². The number of rotatable bonds is 16. The Kier molecular flexibility index (Phi) is 22.1. The summed E-state index contributed by atoms with van der Waals surface area (Å²) in [5.74, 6) is -4.67. The van der Waals surface area contributed by atoms with E-state index in [1.54, 1.807) is 21.0 Å². The van der Waals surface area contributed by atoms with Crippen molar-refractivity contribution < 1.29 is 46.5 Å². The molecule has 0 saturated heterocycles. The zero-order valence-electron chi connectivity index (χ0n) is 22.9. The molecule has 0 heterocycles. The Morgan fingerprint density at radius 3 is 1.81 bits per heavy atom. The first kappa shape index (κ1) is 38.9. The van der Waals surface area contributed by atoms with E-state index in [0.29, 0.717) is 25.9 Å². The smallest absolute Gasteiger partial charge is 0.311 e. The summed E-state index contributed by atoms with van der Waals surface area (Å²) in [5, 5.41) is 0. The molecule has 0 radical (unpaired) electrons. The second-order valence-corrected chi connectivity index (χ2v) is 14.1. The topological polar surface area (TPSA) is 97.4 Å². The van der Waals surface area contributed by atoms with Gasteiger partial charge in [0, 0.05) is 13.5 Å². The zero-order valence-corrected chi connectivity index (χ0v) is 23.9. The summed E-state index contributed by atoms with van der Waals surface area (Å²) in [4.78, 5) is 34.8. The lowest BCUT2D eigenvalue weighted by molar-refractivity contribution is -0.158. The molecular weight excluding hydrogens is 494 g/mol. The molecule has 0 aliphatic carbocycles. The van der Waals surface area contributed by atoms with E-state index in [2.05, 4.69) is 4.74 Å². The van der Waals surface area contributed by atoms with Gasteiger partial charge in [0.2, 0.25) is 5.92 Å². The highest BCUT2D eigenvalue weighted by atomic mass is 28.4. The van der Waals surface area contributed by atoms with Gasteiger partial charge in [0.15, 0.2) is 15.1 Å². The number of hydrogen-bond donors (Lipinski definition) is 0. The largest absolute Gasteiger partial charge is 0.465 e. The molecule has 0 aromatic carbocycles. The SMILES string of the molecule is C.CCC(C)C(=O)OCCC(C)(F)F.CCC(CC(C)C(=O)OCCOC)C(=O)OCO[Si](C)(C)C. The maximum absolute atomic E-state index is 12.3. The van der Waals surface area contributed by atoms with Crippen LogP contribution in [-0.2, 0) is 37.8 Å². The van der Waals surface area contributed by atoms with E-state index in [1.807, 2.05) is 33.5 Å². The molecule has 0 aliphatic heterocycles. The fraction of sp³-hybridized carbons (Fsp3) is 0.880. The number of hydrogen-bond acceptors (Lipinski definition) is 8. The molecule has 0 fully saturated rings. The third-order valence-corrected chi connectivity index (χ3v) is 5.88. The highest BCUT2D eigenvalue weighted by molar-refractivity contribution is 6.69. The van der Waals surface area contributed by atoms with E-state index >= 15 is 0 Å². The second-order valence-electron chi connectivity index (χ2n) is 9.54. The molecule has 3 unspecified atom stereocenters. The average molecular weight is 545 g/mol. The van der Waals surface area contributed by atoms with Crippen LogP contribution in [-0.4, -0.2) is 65.9 Å². The Morgan fingerprint density at radius 2 is 1.36 bits per heavy atom. The minimum atomic E-state index is -2.75. The van der Waals surface area contributed by atoms with Gasteiger partial charge < -0.3 is 23.4 Å². The van der Waals surface area contributed by atoms with Crippen molar-refractivity contribution in [1.82, 2.24) is 0 Å². The third kappa shape index (κ3) is 22.8. The van der Waals surface area contributed by atoms with Crippen molar-refractivity contribution in [3.8, 4) is 0 Å². The standard InChI is InChI=1S/C15H30O6Si.C9H16F2O2.CH4/c1-7-13(15(17)20-11-21-22(4,5)6)10-12(2)14(16)19-9-8-18-3;1-4-7(2)8(12)13-6-5-9(3,10)11;/h12-13H,7-11H2,1-6H3;7H,4-6H2,1-3H3;1H4. The molecule has 0 saturated carbocycles. The van der Waals surface area contributed by atoms with Crippen molar-refractivity contribution in [3.63, 3.8) is 0 Å². The lowest BCUT2D eigenvalue weighted by atomic mass is 9.94. The minimum absolute atomic E-state index is 0. The van der Waals surface area contributed by atoms with Gasteiger partial charge in [-0.3, -0.25) is 14.4 Å². The Balaban J connectivity index is -0.000000667. The van der Waals surface area contributed by atoms with Gasteiger partial charge in [0.1, 0.15) is 6.61 Å². The van der Waals surface area contributed by atoms with Gasteiger partial charge in [0.05, 0.1) is 31.0 Å². The molecule has 0 aromatic rings. The third-order valence-electron chi connectivity index (χ3n) is 4.89. The number of esters is 3. The molecule has 0 aliphatic rings. The molecule has 0 N–H and O–H groups in total. The maximum atomic E-state index is 12.3. The molecule has 216 valence electrons. The predicted octanol–water partition coefficient (Wildman–Crippen LogP) is 5.84. The Hall–Kier alpha value is -1.59. The van der Waals surface area contributed by atoms with Gasteiger partial charge in [-0.25, -0.2) is 8.78 Å². The first-order valence-corrected chi connectivity index (χ1v) is 15.5. The van der Waals surface area contributed by atoms with Crippen molar-refractivity contribution in [2.75, 3.05) is 33.7 Å². The van der Waals surface area contributed by atoms with Crippen LogP contribution < -0.4 is 0 Å². The number of ether oxygens (including phenoxy) is 4. The molecule has 0 amide bonds. The molecule has 3 atom stereocenters. The summed E-state index contributed by atoms with van der Waals surface area (Å²) in [6.07, 6.45) is 1.28. The molecular formula is C25H50F2O8Si. The van der Waals surface area contributed by atoms with Crippen LogP contribution in [0.15, 0.2) is 0 Å². The summed E-state index contributed by atoms with van der Waals surface area (Å²) < 4.78 is 49.7. The van der Waals surface area contributed by atoms with Gasteiger partial charge in [-0.2, -0.15) is 0 Å². The van der Waals surface area contributed by atoms with Crippen LogP contribution in [0.3, 0.4) is 0 Å². The van der Waals surface area contributed by atoms with E-state index in [1.165, 1.54) is 0 Å². The molecule has 0 spiro atoms. The van der Waals surface area contributed by atoms with E-state index in [0.717, 1.165) is 6.92 Å². The second kappa shape index (κ2) is 20.5. The van der Waals surface area contributed by atoms with Crippen molar-refractivity contribution >= 4 is 26.2 Å². The lowest BCUT2D eigenvalue weighted by Crippen LogP contribution is -2.30. The van der Waals surface area contributed by atoms with Gasteiger partial charge in [-0.1, -0.05) is 35.1 Å². The normalized spacial score (nSPS) is 13.8. The Bertz CT molecular complexity index is 606. The van der Waals surface area contributed by atoms with Crippen molar-refractivity contribution in [2.45, 2.75) is 93.3 Å². The van der Waals surface area contributed by atoms with E-state index in [9.17, 15) is 23.2 Å². The van der Waals surface area contributed by atoms with Gasteiger partial charge in [-0.15, -0.1) is 0 Å². The molecule has 11 heteroatoms. The van der Waals surface area contributed by atoms with Crippen molar-refractivity contribution in [2.24, 2.45) is 17.8 Å². The van der Waals surface area contributed by atoms with E-state index in [4.69, 9.17) is 18.6 Å². The summed E-state index contributed by atoms with van der Waals surface area (Å²) in [5.41, 5.74) is 0. The fourth-order valence-electron chi connectivity index (χ4n) is 2.34. The maximum Gasteiger partial charge on any atom is 0.311 e. The predicted molar refractivity (Wildman–Crippen MR) is 138 cm³/mol. The van der Waals surface area contributed by atoms with Crippen LogP contribution in [0.25, 0.3) is 0 Å². The quantitative estimate of drug-likeness (QED) is 0.0786. The first-order chi connectivity index (χ1) is 16.1. The number of halogens is 2. The average Bonchev–Trinajstić information content (AvgIpc) is 2.75. The Labute approximate surface area is 217 Å². The lowest BCUT2D eigenvalue weighted by Gasteiger charge is -2.20. The van der Waals surface area contributed by atoms with Crippen LogP contribution in [0.2, 0.25) is 19.6 Å². The highest BCUT2D eigenvalue weighted by Gasteiger charge is 2.26. The van der Waals surface area contributed by atoms with Crippen LogP contribution in [0.1, 0.15) is 67.7 Å². The summed E-state index contributed by atoms with van der Waals surface area (Å²) in [6.45, 7) is 14.5. The van der Waals surface area contributed by atoms with E-state index < -0.39 is 26.6 Å². The van der Waals surface area contributed by atoms with Crippen LogP contribution >= 0.6 is 0 Å². The number of methoxy groups -OCH3 is 1.